The van der Waals surface area contributed by atoms with Crippen molar-refractivity contribution in [3.8, 4) is 0 Å². The van der Waals surface area contributed by atoms with Crippen molar-refractivity contribution in [3.05, 3.63) is 12.1 Å². The van der Waals surface area contributed by atoms with Crippen LogP contribution in [0.4, 0.5) is 0 Å². The van der Waals surface area contributed by atoms with Crippen molar-refractivity contribution >= 4 is 15.4 Å². The van der Waals surface area contributed by atoms with Gasteiger partial charge < -0.3 is 13.7 Å². The third-order valence-electron chi connectivity index (χ3n) is 6.21. The van der Waals surface area contributed by atoms with Gasteiger partial charge in [-0.15, -0.1) is 0 Å². The van der Waals surface area contributed by atoms with Gasteiger partial charge in [-0.3, -0.25) is 0 Å². The molecule has 0 amide bonds. The van der Waals surface area contributed by atoms with Crippen LogP contribution in [0.3, 0.4) is 0 Å². The molecule has 1 aliphatic heterocycles. The van der Waals surface area contributed by atoms with Crippen LogP contribution in [0.25, 0.3) is 0 Å². The third-order valence-corrected chi connectivity index (χ3v) is 10.8. The predicted octanol–water partition coefficient (Wildman–Crippen LogP) is 6.00. The first-order chi connectivity index (χ1) is 11.2. The summed E-state index contributed by atoms with van der Waals surface area (Å²) in [5.41, 5.74) is -0.510. The van der Waals surface area contributed by atoms with Crippen LogP contribution in [0.2, 0.25) is 18.1 Å². The number of hydrogen-bond donors (Lipinski definition) is 0. The third kappa shape index (κ3) is 6.53. The summed E-state index contributed by atoms with van der Waals surface area (Å²) in [7, 11) is -1.82. The van der Waals surface area contributed by atoms with E-state index < -0.39 is 8.32 Å². The van der Waals surface area contributed by atoms with E-state index in [0.29, 0.717) is 11.0 Å². The Balaban J connectivity index is 2.27. The van der Waals surface area contributed by atoms with Crippen molar-refractivity contribution in [3.63, 3.8) is 0 Å². The highest BCUT2D eigenvalue weighted by Gasteiger charge is 2.49. The average molecular weight is 368 g/mol. The molecule has 0 spiro atoms. The molecular weight excluding hydrogens is 327 g/mol. The molecule has 1 fully saturated rings. The van der Waals surface area contributed by atoms with Gasteiger partial charge in [-0.05, 0) is 71.0 Å². The summed E-state index contributed by atoms with van der Waals surface area (Å²) in [5, 5.41) is 0.296. The van der Waals surface area contributed by atoms with Crippen LogP contribution < -0.4 is 0 Å². The van der Waals surface area contributed by atoms with Gasteiger partial charge in [-0.25, -0.2) is 0 Å². The maximum atomic E-state index is 6.26. The van der Waals surface area contributed by atoms with Crippen LogP contribution in [0.5, 0.6) is 0 Å². The molecule has 0 radical (unpaired) electrons. The minimum absolute atomic E-state index is 0.223. The Morgan fingerprint density at radius 1 is 1.08 bits per heavy atom. The highest BCUT2D eigenvalue weighted by Crippen LogP contribution is 2.37. The molecule has 0 aromatic carbocycles. The Morgan fingerprint density at radius 2 is 1.60 bits per heavy atom. The lowest BCUT2D eigenvalue weighted by molar-refractivity contribution is 0.00578. The highest BCUT2D eigenvalue weighted by atomic mass is 28.4. The molecule has 0 bridgehead atoms. The Bertz CT molecular complexity index is 436. The second-order valence-corrected chi connectivity index (χ2v) is 15.0. The van der Waals surface area contributed by atoms with E-state index in [1.165, 1.54) is 6.42 Å². The number of allylic oxidation sites excluding steroid dienone is 1. The topological polar surface area (TPSA) is 27.7 Å². The van der Waals surface area contributed by atoms with E-state index in [2.05, 4.69) is 80.5 Å². The maximum Gasteiger partial charge on any atom is 0.486 e. The van der Waals surface area contributed by atoms with Crippen LogP contribution in [0, 0.1) is 5.92 Å². The molecule has 146 valence electrons. The monoisotopic (exact) mass is 368 g/mol. The van der Waals surface area contributed by atoms with Crippen molar-refractivity contribution in [2.45, 2.75) is 104 Å². The number of rotatable bonds is 8. The van der Waals surface area contributed by atoms with Gasteiger partial charge in [0, 0.05) is 6.61 Å². The molecule has 0 aliphatic carbocycles. The molecule has 0 saturated carbocycles. The summed E-state index contributed by atoms with van der Waals surface area (Å²) >= 11 is 0. The molecule has 3 nitrogen and oxygen atoms in total. The summed E-state index contributed by atoms with van der Waals surface area (Å²) < 4.78 is 18.2. The first kappa shape index (κ1) is 22.9. The van der Waals surface area contributed by atoms with Crippen LogP contribution in [0.1, 0.15) is 74.7 Å². The zero-order chi connectivity index (χ0) is 19.5. The van der Waals surface area contributed by atoms with Crippen molar-refractivity contribution in [2.75, 3.05) is 6.61 Å². The van der Waals surface area contributed by atoms with Gasteiger partial charge in [0.2, 0.25) is 0 Å². The van der Waals surface area contributed by atoms with E-state index >= 15 is 0 Å². The molecule has 1 aliphatic rings. The quantitative estimate of drug-likeness (QED) is 0.388. The fraction of sp³-hybridized carbons (Fsp3) is 0.900. The minimum Gasteiger partial charge on any atom is -0.417 e. The molecule has 0 aromatic rings. The smallest absolute Gasteiger partial charge is 0.417 e. The van der Waals surface area contributed by atoms with Crippen molar-refractivity contribution < 1.29 is 13.7 Å². The average Bonchev–Trinajstić information content (AvgIpc) is 2.61. The predicted molar refractivity (Wildman–Crippen MR) is 111 cm³/mol. The van der Waals surface area contributed by atoms with Crippen molar-refractivity contribution in [1.82, 2.24) is 0 Å². The van der Waals surface area contributed by atoms with Crippen molar-refractivity contribution in [2.24, 2.45) is 5.92 Å². The van der Waals surface area contributed by atoms with E-state index in [0.717, 1.165) is 19.4 Å². The first-order valence-corrected chi connectivity index (χ1v) is 12.7. The molecule has 1 atom stereocenters. The molecule has 0 aromatic heterocycles. The van der Waals surface area contributed by atoms with Crippen LogP contribution in [0.15, 0.2) is 12.1 Å². The molecule has 1 heterocycles. The summed E-state index contributed by atoms with van der Waals surface area (Å²) in [6.07, 6.45) is 5.60. The second-order valence-electron chi connectivity index (χ2n) is 10.1. The standard InChI is InChI=1S/C20H41BO3Si/c1-17(14-12-16-22-25(9,10)18(2,3)4)13-11-15-21-23-19(5,6)20(7,8)24-21/h11,15,17H,12-14,16H2,1-10H3/b15-11+/t17-/m1/s1. The van der Waals surface area contributed by atoms with Gasteiger partial charge in [-0.1, -0.05) is 39.7 Å². The Labute approximate surface area is 158 Å². The summed E-state index contributed by atoms with van der Waals surface area (Å²) in [4.78, 5) is 0. The molecule has 5 heteroatoms. The lowest BCUT2D eigenvalue weighted by Gasteiger charge is -2.36. The summed E-state index contributed by atoms with van der Waals surface area (Å²) in [6, 6.07) is 0. The van der Waals surface area contributed by atoms with Crippen molar-refractivity contribution in [1.29, 1.82) is 0 Å². The van der Waals surface area contributed by atoms with E-state index in [1.807, 2.05) is 0 Å². The largest absolute Gasteiger partial charge is 0.486 e. The minimum atomic E-state index is -1.59. The van der Waals surface area contributed by atoms with Crippen LogP contribution in [-0.2, 0) is 13.7 Å². The van der Waals surface area contributed by atoms with E-state index in [4.69, 9.17) is 13.7 Å². The zero-order valence-electron chi connectivity index (χ0n) is 18.4. The second kappa shape index (κ2) is 8.28. The number of hydrogen-bond acceptors (Lipinski definition) is 3. The Hall–Kier alpha value is -0.0982. The first-order valence-electron chi connectivity index (χ1n) is 9.84. The molecule has 1 rings (SSSR count). The summed E-state index contributed by atoms with van der Waals surface area (Å²) in [6.45, 7) is 23.1. The lowest BCUT2D eigenvalue weighted by Crippen LogP contribution is -2.41. The Kier molecular flexibility index (Phi) is 7.60. The molecule has 25 heavy (non-hydrogen) atoms. The molecule has 0 unspecified atom stereocenters. The van der Waals surface area contributed by atoms with Crippen LogP contribution >= 0.6 is 0 Å². The van der Waals surface area contributed by atoms with Crippen LogP contribution in [-0.4, -0.2) is 33.2 Å². The SMILES string of the molecule is C[C@H](C/C=C/B1OC(C)(C)C(C)(C)O1)CCCO[Si](C)(C)C(C)(C)C. The molecular formula is C20H41BO3Si. The fourth-order valence-electron chi connectivity index (χ4n) is 2.48. The van der Waals surface area contributed by atoms with E-state index in [1.54, 1.807) is 0 Å². The Morgan fingerprint density at radius 3 is 2.08 bits per heavy atom. The van der Waals surface area contributed by atoms with Gasteiger partial charge in [-0.2, -0.15) is 0 Å². The van der Waals surface area contributed by atoms with Gasteiger partial charge in [0.25, 0.3) is 0 Å². The molecule has 0 N–H and O–H groups in total. The van der Waals surface area contributed by atoms with Gasteiger partial charge >= 0.3 is 7.12 Å². The van der Waals surface area contributed by atoms with E-state index in [-0.39, 0.29) is 18.3 Å². The van der Waals surface area contributed by atoms with Gasteiger partial charge in [0.05, 0.1) is 11.2 Å². The zero-order valence-corrected chi connectivity index (χ0v) is 19.4. The fourth-order valence-corrected chi connectivity index (χ4v) is 3.57. The van der Waals surface area contributed by atoms with E-state index in [9.17, 15) is 0 Å². The normalized spacial score (nSPS) is 21.9. The highest BCUT2D eigenvalue weighted by molar-refractivity contribution is 6.74. The lowest BCUT2D eigenvalue weighted by atomic mass is 9.88. The maximum absolute atomic E-state index is 6.26. The summed E-state index contributed by atoms with van der Waals surface area (Å²) in [5.74, 6) is 2.72. The molecule has 1 saturated heterocycles. The van der Waals surface area contributed by atoms with Gasteiger partial charge in [0.15, 0.2) is 8.32 Å². The van der Waals surface area contributed by atoms with Gasteiger partial charge in [0.1, 0.15) is 0 Å².